The minimum absolute atomic E-state index is 0.0107. The van der Waals surface area contributed by atoms with E-state index in [0.29, 0.717) is 43.1 Å². The van der Waals surface area contributed by atoms with Crippen LogP contribution in [0.15, 0.2) is 103 Å². The Bertz CT molecular complexity index is 2530. The van der Waals surface area contributed by atoms with Crippen molar-refractivity contribution in [2.24, 2.45) is 17.8 Å². The Morgan fingerprint density at radius 2 is 1.57 bits per heavy atom. The molecule has 67 heavy (non-hydrogen) atoms. The molecule has 1 aromatic heterocycles. The number of rotatable bonds is 15. The highest BCUT2D eigenvalue weighted by Gasteiger charge is 2.66. The summed E-state index contributed by atoms with van der Waals surface area (Å²) in [6.45, 7) is 10.7. The average molecular weight is 925 g/mol. The number of aliphatic hydroxyl groups is 1. The fourth-order valence-electron chi connectivity index (χ4n) is 11.2. The zero-order chi connectivity index (χ0) is 46.7. The molecule has 5 N–H and O–H groups in total. The number of carbonyl (C=O) groups excluding carboxylic acids is 3. The van der Waals surface area contributed by atoms with E-state index in [2.05, 4.69) is 63.7 Å². The van der Waals surface area contributed by atoms with E-state index in [-0.39, 0.29) is 66.2 Å². The van der Waals surface area contributed by atoms with Gasteiger partial charge in [0.15, 0.2) is 5.60 Å². The standard InChI is InChI=1S/C52H64N8O6Si/c1-34-48(67(3,4)42-21-19-41(65-2)20-22-42)47(24-27-59-32-45(57-58-59)43(33-61)36-10-6-5-7-11-36)66-52(34)44-28-40(56-50(63)38-13-9-26-54-30-38)18-23-46(44)60(51(52)64)31-35-14-16-39(17-15-35)55-49(62)37-12-8-25-53-29-37/h5-7,10-11,14-23,28,32,34,37-38,43,47-48,53-54,61H,8-9,12-13,24-27,29-31,33H2,1-4H3,(H,55,62)(H,56,63)/t34-,37?,38?,43?,47+,48-,52+/m0/s1. The normalized spacial score (nSPS) is 24.3. The van der Waals surface area contributed by atoms with Crippen LogP contribution >= 0.6 is 0 Å². The van der Waals surface area contributed by atoms with Crippen LogP contribution < -0.4 is 36.1 Å². The summed E-state index contributed by atoms with van der Waals surface area (Å²) < 4.78 is 14.9. The number of carbonyl (C=O) groups is 3. The highest BCUT2D eigenvalue weighted by molar-refractivity contribution is 6.91. The number of aryl methyl sites for hydroxylation is 1. The van der Waals surface area contributed by atoms with Gasteiger partial charge in [0.1, 0.15) is 5.75 Å². The number of hydrogen-bond acceptors (Lipinski definition) is 10. The van der Waals surface area contributed by atoms with Gasteiger partial charge in [0, 0.05) is 48.7 Å². The lowest BCUT2D eigenvalue weighted by Crippen LogP contribution is -2.51. The molecule has 3 unspecified atom stereocenters. The van der Waals surface area contributed by atoms with E-state index < -0.39 is 13.7 Å². The van der Waals surface area contributed by atoms with Crippen LogP contribution in [-0.4, -0.2) is 91.9 Å². The number of nitrogens with one attached hydrogen (secondary N) is 4. The monoisotopic (exact) mass is 924 g/mol. The Kier molecular flexibility index (Phi) is 13.8. The van der Waals surface area contributed by atoms with Crippen LogP contribution in [0.3, 0.4) is 0 Å². The Morgan fingerprint density at radius 3 is 2.19 bits per heavy atom. The van der Waals surface area contributed by atoms with Gasteiger partial charge in [-0.2, -0.15) is 0 Å². The van der Waals surface area contributed by atoms with Crippen LogP contribution in [0.4, 0.5) is 17.1 Å². The summed E-state index contributed by atoms with van der Waals surface area (Å²) in [6.07, 6.45) is 5.69. The summed E-state index contributed by atoms with van der Waals surface area (Å²) in [5.74, 6) is -0.192. The van der Waals surface area contributed by atoms with Gasteiger partial charge in [0.2, 0.25) is 11.8 Å². The van der Waals surface area contributed by atoms with Gasteiger partial charge >= 0.3 is 0 Å². The topological polar surface area (TPSA) is 172 Å². The van der Waals surface area contributed by atoms with Crippen LogP contribution in [-0.2, 0) is 37.8 Å². The second-order valence-corrected chi connectivity index (χ2v) is 24.1. The Labute approximate surface area is 394 Å². The van der Waals surface area contributed by atoms with Gasteiger partial charge in [-0.3, -0.25) is 19.1 Å². The van der Waals surface area contributed by atoms with E-state index in [9.17, 15) is 14.7 Å². The summed E-state index contributed by atoms with van der Waals surface area (Å²) in [4.78, 5) is 44.3. The van der Waals surface area contributed by atoms with Crippen molar-refractivity contribution in [3.63, 3.8) is 0 Å². The zero-order valence-corrected chi connectivity index (χ0v) is 40.0. The van der Waals surface area contributed by atoms with Crippen LogP contribution in [0.1, 0.15) is 67.3 Å². The molecule has 352 valence electrons. The van der Waals surface area contributed by atoms with Gasteiger partial charge in [-0.1, -0.05) is 85.0 Å². The second-order valence-electron chi connectivity index (χ2n) is 19.4. The highest BCUT2D eigenvalue weighted by Crippen LogP contribution is 2.60. The third kappa shape index (κ3) is 9.31. The quantitative estimate of drug-likeness (QED) is 0.0769. The number of hydrogen-bond donors (Lipinski definition) is 5. The molecule has 4 aliphatic heterocycles. The molecule has 0 aliphatic carbocycles. The molecule has 5 heterocycles. The maximum atomic E-state index is 15.7. The Morgan fingerprint density at radius 1 is 0.910 bits per heavy atom. The van der Waals surface area contributed by atoms with Crippen LogP contribution in [0.5, 0.6) is 5.75 Å². The molecule has 9 rings (SSSR count). The molecule has 14 nitrogen and oxygen atoms in total. The first-order chi connectivity index (χ1) is 32.5. The van der Waals surface area contributed by atoms with Gasteiger partial charge in [-0.25, -0.2) is 0 Å². The molecule has 0 saturated carbocycles. The molecule has 0 bridgehead atoms. The van der Waals surface area contributed by atoms with E-state index in [0.717, 1.165) is 66.9 Å². The molecule has 4 aromatic carbocycles. The number of ether oxygens (including phenoxy) is 2. The summed E-state index contributed by atoms with van der Waals surface area (Å²) in [5.41, 5.74) is 3.99. The number of fused-ring (bicyclic) bond motifs is 2. The largest absolute Gasteiger partial charge is 0.497 e. The predicted octanol–water partition coefficient (Wildman–Crippen LogP) is 6.14. The molecule has 7 atom stereocenters. The second kappa shape index (κ2) is 19.9. The smallest absolute Gasteiger partial charge is 0.264 e. The maximum Gasteiger partial charge on any atom is 0.264 e. The third-order valence-corrected chi connectivity index (χ3v) is 19.3. The van der Waals surface area contributed by atoms with Crippen molar-refractivity contribution in [3.05, 3.63) is 126 Å². The maximum absolute atomic E-state index is 15.7. The van der Waals surface area contributed by atoms with Crippen molar-refractivity contribution >= 4 is 48.0 Å². The number of aliphatic hydroxyl groups excluding tert-OH is 1. The third-order valence-electron chi connectivity index (χ3n) is 14.9. The molecule has 5 aromatic rings. The van der Waals surface area contributed by atoms with Crippen LogP contribution in [0.25, 0.3) is 0 Å². The van der Waals surface area contributed by atoms with Crippen molar-refractivity contribution in [2.45, 2.75) is 88.4 Å². The molecule has 3 amide bonds. The van der Waals surface area contributed by atoms with Gasteiger partial charge in [0.05, 0.1) is 63.6 Å². The molecular formula is C52H64N8O6Si. The van der Waals surface area contributed by atoms with Crippen LogP contribution in [0, 0.1) is 17.8 Å². The molecule has 1 spiro atoms. The average Bonchev–Trinajstić information content (AvgIpc) is 4.02. The first-order valence-electron chi connectivity index (χ1n) is 24.0. The number of amides is 3. The lowest BCUT2D eigenvalue weighted by Gasteiger charge is -2.37. The van der Waals surface area contributed by atoms with Gasteiger partial charge < -0.3 is 40.7 Å². The van der Waals surface area contributed by atoms with E-state index in [1.54, 1.807) is 7.11 Å². The summed E-state index contributed by atoms with van der Waals surface area (Å²) in [6, 6.07) is 31.7. The lowest BCUT2D eigenvalue weighted by molar-refractivity contribution is -0.146. The fourth-order valence-corrected chi connectivity index (χ4v) is 15.3. The number of methoxy groups -OCH3 is 1. The van der Waals surface area contributed by atoms with Gasteiger partial charge in [-0.15, -0.1) is 5.10 Å². The molecule has 3 fully saturated rings. The number of aromatic nitrogens is 3. The van der Waals surface area contributed by atoms with Crippen molar-refractivity contribution in [3.8, 4) is 5.75 Å². The van der Waals surface area contributed by atoms with Crippen molar-refractivity contribution < 1.29 is 29.0 Å². The minimum atomic E-state index is -2.49. The summed E-state index contributed by atoms with van der Waals surface area (Å²) in [5, 5.41) is 33.7. The Balaban J connectivity index is 1.06. The van der Waals surface area contributed by atoms with E-state index in [4.69, 9.17) is 9.47 Å². The lowest BCUT2D eigenvalue weighted by atomic mass is 9.82. The fraction of sp³-hybridized carbons (Fsp3) is 0.442. The molecule has 15 heteroatoms. The van der Waals surface area contributed by atoms with Crippen molar-refractivity contribution in [1.29, 1.82) is 0 Å². The SMILES string of the molecule is COc1ccc([Si](C)(C)[C@@H]2[C@@H](CCn3cc(C(CO)c4ccccc4)nn3)O[C@]3(C(=O)N(Cc4ccc(NC(=O)C5CCCNC5)cc4)c4ccc(NC(=O)C5CCCNC5)cc43)[C@H]2C)cc1. The highest BCUT2D eigenvalue weighted by atomic mass is 28.3. The number of nitrogens with zero attached hydrogens (tertiary/aromatic N) is 4. The van der Waals surface area contributed by atoms with Gasteiger partial charge in [-0.05, 0) is 104 Å². The molecule has 0 radical (unpaired) electrons. The number of piperidine rings is 2. The summed E-state index contributed by atoms with van der Waals surface area (Å²) >= 11 is 0. The minimum Gasteiger partial charge on any atom is -0.497 e. The van der Waals surface area contributed by atoms with E-state index in [1.807, 2.05) is 101 Å². The summed E-state index contributed by atoms with van der Waals surface area (Å²) in [7, 11) is -0.820. The van der Waals surface area contributed by atoms with E-state index >= 15 is 4.79 Å². The first-order valence-corrected chi connectivity index (χ1v) is 27.0. The van der Waals surface area contributed by atoms with Crippen molar-refractivity contribution in [2.75, 3.05) is 55.4 Å². The molecule has 3 saturated heterocycles. The number of benzene rings is 4. The zero-order valence-electron chi connectivity index (χ0n) is 39.0. The van der Waals surface area contributed by atoms with E-state index in [1.165, 1.54) is 5.19 Å². The van der Waals surface area contributed by atoms with Crippen molar-refractivity contribution in [1.82, 2.24) is 25.6 Å². The molecular weight excluding hydrogens is 861 g/mol. The first kappa shape index (κ1) is 46.4. The number of anilines is 3. The predicted molar refractivity (Wildman–Crippen MR) is 262 cm³/mol. The van der Waals surface area contributed by atoms with Crippen LogP contribution in [0.2, 0.25) is 18.6 Å². The van der Waals surface area contributed by atoms with Gasteiger partial charge in [0.25, 0.3) is 5.91 Å². The Hall–Kier alpha value is -5.71. The molecule has 4 aliphatic rings.